The van der Waals surface area contributed by atoms with Gasteiger partial charge >= 0.3 is 0 Å². The number of aromatic nitrogens is 3. The Morgan fingerprint density at radius 3 is 2.53 bits per heavy atom. The van der Waals surface area contributed by atoms with Crippen LogP contribution in [-0.4, -0.2) is 77.4 Å². The van der Waals surface area contributed by atoms with Crippen LogP contribution in [0.5, 0.6) is 0 Å². The minimum atomic E-state index is 0.00867. The molecule has 1 aromatic carbocycles. The molecule has 1 aliphatic heterocycles. The molecule has 0 atom stereocenters. The first-order valence-electron chi connectivity index (χ1n) is 10.2. The van der Waals surface area contributed by atoms with Gasteiger partial charge in [0.2, 0.25) is 0 Å². The number of nitrogens with zero attached hydrogens (tertiary/aromatic N) is 5. The van der Waals surface area contributed by atoms with E-state index in [4.69, 9.17) is 4.74 Å². The predicted molar refractivity (Wildman–Crippen MR) is 116 cm³/mol. The van der Waals surface area contributed by atoms with Crippen molar-refractivity contribution >= 4 is 5.91 Å². The van der Waals surface area contributed by atoms with E-state index in [0.717, 1.165) is 35.6 Å². The maximum Gasteiger partial charge on any atom is 0.255 e. The smallest absolute Gasteiger partial charge is 0.255 e. The highest BCUT2D eigenvalue weighted by Crippen LogP contribution is 2.24. The van der Waals surface area contributed by atoms with Crippen molar-refractivity contribution < 1.29 is 9.53 Å². The topological polar surface area (TPSA) is 63.5 Å². The van der Waals surface area contributed by atoms with E-state index in [2.05, 4.69) is 41.2 Å². The first-order valence-corrected chi connectivity index (χ1v) is 10.2. The molecule has 0 spiro atoms. The summed E-state index contributed by atoms with van der Waals surface area (Å²) in [7, 11) is 4.11. The molecule has 0 unspecified atom stereocenters. The number of likely N-dealkylation sites (N-methyl/N-ethyl adjacent to an activating group) is 1. The Kier molecular flexibility index (Phi) is 6.21. The molecule has 1 aliphatic rings. The largest absolute Gasteiger partial charge is 0.378 e. The zero-order valence-corrected chi connectivity index (χ0v) is 17.5. The summed E-state index contributed by atoms with van der Waals surface area (Å²) in [6, 6.07) is 14.0. The zero-order valence-electron chi connectivity index (χ0n) is 17.5. The minimum absolute atomic E-state index is 0.00867. The number of ether oxygens (including phenoxy) is 1. The molecule has 3 heterocycles. The van der Waals surface area contributed by atoms with Crippen molar-refractivity contribution in [3.63, 3.8) is 0 Å². The van der Waals surface area contributed by atoms with Crippen LogP contribution in [-0.2, 0) is 11.3 Å². The standard InChI is InChI=1S/C23H27N5O2/c1-26(2)10-11-28-9-8-22(25-28)19-5-3-4-18(16-19)21-7-6-20(17-24-21)23(29)27-12-14-30-15-13-27/h3-9,16-17H,10-15H2,1-2H3. The molecule has 7 heteroatoms. The normalized spacial score (nSPS) is 14.3. The minimum Gasteiger partial charge on any atom is -0.378 e. The predicted octanol–water partition coefficient (Wildman–Crippen LogP) is 2.65. The van der Waals surface area contributed by atoms with E-state index < -0.39 is 0 Å². The number of hydrogen-bond donors (Lipinski definition) is 0. The summed E-state index contributed by atoms with van der Waals surface area (Å²) in [5.41, 5.74) is 4.43. The van der Waals surface area contributed by atoms with Gasteiger partial charge in [0.05, 0.1) is 36.7 Å². The van der Waals surface area contributed by atoms with Gasteiger partial charge in [-0.2, -0.15) is 5.10 Å². The van der Waals surface area contributed by atoms with Crippen molar-refractivity contribution in [2.75, 3.05) is 46.9 Å². The van der Waals surface area contributed by atoms with Crippen LogP contribution in [0.25, 0.3) is 22.5 Å². The van der Waals surface area contributed by atoms with E-state index in [0.29, 0.717) is 31.9 Å². The number of carbonyl (C=O) groups excluding carboxylic acids is 1. The van der Waals surface area contributed by atoms with Gasteiger partial charge in [-0.05, 0) is 38.4 Å². The van der Waals surface area contributed by atoms with Gasteiger partial charge < -0.3 is 14.5 Å². The van der Waals surface area contributed by atoms with E-state index in [1.54, 1.807) is 6.20 Å². The van der Waals surface area contributed by atoms with Gasteiger partial charge in [0, 0.05) is 43.2 Å². The summed E-state index contributed by atoms with van der Waals surface area (Å²) in [5.74, 6) is 0.00867. The lowest BCUT2D eigenvalue weighted by Gasteiger charge is -2.26. The van der Waals surface area contributed by atoms with Crippen LogP contribution >= 0.6 is 0 Å². The van der Waals surface area contributed by atoms with Crippen LogP contribution in [0.1, 0.15) is 10.4 Å². The molecule has 2 aromatic heterocycles. The third-order valence-corrected chi connectivity index (χ3v) is 5.18. The van der Waals surface area contributed by atoms with Crippen LogP contribution in [0, 0.1) is 0 Å². The van der Waals surface area contributed by atoms with Gasteiger partial charge in [-0.15, -0.1) is 0 Å². The first kappa shape index (κ1) is 20.3. The number of hydrogen-bond acceptors (Lipinski definition) is 5. The SMILES string of the molecule is CN(C)CCn1ccc(-c2cccc(-c3ccc(C(=O)N4CCOCC4)cn3)c2)n1. The van der Waals surface area contributed by atoms with Crippen molar-refractivity contribution in [3.05, 3.63) is 60.4 Å². The summed E-state index contributed by atoms with van der Waals surface area (Å²) in [6.45, 7) is 4.24. The molecule has 1 amide bonds. The van der Waals surface area contributed by atoms with E-state index in [1.165, 1.54) is 0 Å². The average Bonchev–Trinajstić information content (AvgIpc) is 3.27. The van der Waals surface area contributed by atoms with E-state index in [9.17, 15) is 4.79 Å². The summed E-state index contributed by atoms with van der Waals surface area (Å²) >= 11 is 0. The molecule has 0 radical (unpaired) electrons. The highest BCUT2D eigenvalue weighted by Gasteiger charge is 2.18. The summed E-state index contributed by atoms with van der Waals surface area (Å²) in [6.07, 6.45) is 3.67. The number of benzene rings is 1. The monoisotopic (exact) mass is 405 g/mol. The second-order valence-corrected chi connectivity index (χ2v) is 7.68. The van der Waals surface area contributed by atoms with Crippen LogP contribution in [0.2, 0.25) is 0 Å². The summed E-state index contributed by atoms with van der Waals surface area (Å²) < 4.78 is 7.28. The Morgan fingerprint density at radius 2 is 1.83 bits per heavy atom. The molecule has 0 bridgehead atoms. The third-order valence-electron chi connectivity index (χ3n) is 5.18. The molecule has 1 fully saturated rings. The van der Waals surface area contributed by atoms with Crippen molar-refractivity contribution in [1.82, 2.24) is 24.6 Å². The van der Waals surface area contributed by atoms with Crippen molar-refractivity contribution in [2.24, 2.45) is 0 Å². The van der Waals surface area contributed by atoms with E-state index >= 15 is 0 Å². The molecule has 0 saturated carbocycles. The highest BCUT2D eigenvalue weighted by atomic mass is 16.5. The van der Waals surface area contributed by atoms with Crippen molar-refractivity contribution in [2.45, 2.75) is 6.54 Å². The number of carbonyl (C=O) groups is 1. The van der Waals surface area contributed by atoms with E-state index in [-0.39, 0.29) is 5.91 Å². The van der Waals surface area contributed by atoms with Crippen molar-refractivity contribution in [1.29, 1.82) is 0 Å². The number of rotatable bonds is 6. The molecule has 0 N–H and O–H groups in total. The maximum atomic E-state index is 12.6. The fraction of sp³-hybridized carbons (Fsp3) is 0.348. The highest BCUT2D eigenvalue weighted by molar-refractivity contribution is 5.94. The molecule has 1 saturated heterocycles. The Morgan fingerprint density at radius 1 is 1.07 bits per heavy atom. The van der Waals surface area contributed by atoms with Crippen LogP contribution in [0.4, 0.5) is 0 Å². The molecule has 3 aromatic rings. The first-order chi connectivity index (χ1) is 14.6. The number of pyridine rings is 1. The Balaban J connectivity index is 1.49. The molecular formula is C23H27N5O2. The zero-order chi connectivity index (χ0) is 20.9. The fourth-order valence-electron chi connectivity index (χ4n) is 3.42. The second-order valence-electron chi connectivity index (χ2n) is 7.68. The maximum absolute atomic E-state index is 12.6. The number of morpholine rings is 1. The van der Waals surface area contributed by atoms with Gasteiger partial charge in [0.25, 0.3) is 5.91 Å². The molecule has 156 valence electrons. The lowest BCUT2D eigenvalue weighted by Crippen LogP contribution is -2.40. The van der Waals surface area contributed by atoms with Crippen LogP contribution in [0.3, 0.4) is 0 Å². The van der Waals surface area contributed by atoms with Gasteiger partial charge in [0.1, 0.15) is 0 Å². The molecule has 30 heavy (non-hydrogen) atoms. The lowest BCUT2D eigenvalue weighted by atomic mass is 10.0. The van der Waals surface area contributed by atoms with Crippen LogP contribution in [0.15, 0.2) is 54.9 Å². The fourth-order valence-corrected chi connectivity index (χ4v) is 3.42. The van der Waals surface area contributed by atoms with Gasteiger partial charge in [0.15, 0.2) is 0 Å². The molecule has 0 aliphatic carbocycles. The average molecular weight is 406 g/mol. The van der Waals surface area contributed by atoms with Gasteiger partial charge in [-0.3, -0.25) is 14.5 Å². The molecule has 7 nitrogen and oxygen atoms in total. The quantitative estimate of drug-likeness (QED) is 0.631. The summed E-state index contributed by atoms with van der Waals surface area (Å²) in [4.78, 5) is 21.1. The number of amides is 1. The van der Waals surface area contributed by atoms with Gasteiger partial charge in [-0.1, -0.05) is 18.2 Å². The second kappa shape index (κ2) is 9.19. The Bertz CT molecular complexity index is 991. The Hall–Kier alpha value is -3.03. The molecule has 4 rings (SSSR count). The lowest BCUT2D eigenvalue weighted by molar-refractivity contribution is 0.0302. The molecular weight excluding hydrogens is 378 g/mol. The van der Waals surface area contributed by atoms with Crippen molar-refractivity contribution in [3.8, 4) is 22.5 Å². The van der Waals surface area contributed by atoms with E-state index in [1.807, 2.05) is 46.1 Å². The Labute approximate surface area is 176 Å². The third kappa shape index (κ3) is 4.75. The summed E-state index contributed by atoms with van der Waals surface area (Å²) in [5, 5.41) is 4.69. The van der Waals surface area contributed by atoms with Crippen LogP contribution < -0.4 is 0 Å². The van der Waals surface area contributed by atoms with Gasteiger partial charge in [-0.25, -0.2) is 0 Å².